The lowest BCUT2D eigenvalue weighted by atomic mass is 9.82. The van der Waals surface area contributed by atoms with Crippen molar-refractivity contribution in [3.8, 4) is 0 Å². The number of nitrogens with two attached hydrogens (primary N) is 1. The predicted octanol–water partition coefficient (Wildman–Crippen LogP) is 3.33. The van der Waals surface area contributed by atoms with Crippen LogP contribution in [0.2, 0.25) is 0 Å². The van der Waals surface area contributed by atoms with E-state index < -0.39 is 0 Å². The second kappa shape index (κ2) is 4.97. The molecule has 3 heteroatoms. The van der Waals surface area contributed by atoms with Crippen molar-refractivity contribution < 1.29 is 0 Å². The Morgan fingerprint density at radius 1 is 1.26 bits per heavy atom. The van der Waals surface area contributed by atoms with Crippen LogP contribution in [0.25, 0.3) is 11.0 Å². The fourth-order valence-corrected chi connectivity index (χ4v) is 3.26. The quantitative estimate of drug-likeness (QED) is 0.897. The van der Waals surface area contributed by atoms with Gasteiger partial charge < -0.3 is 10.3 Å². The van der Waals surface area contributed by atoms with Gasteiger partial charge >= 0.3 is 0 Å². The van der Waals surface area contributed by atoms with E-state index in [0.29, 0.717) is 12.5 Å². The van der Waals surface area contributed by atoms with Crippen LogP contribution in [0.15, 0.2) is 18.2 Å². The van der Waals surface area contributed by atoms with Crippen LogP contribution >= 0.6 is 0 Å². The highest BCUT2D eigenvalue weighted by Crippen LogP contribution is 2.36. The topological polar surface area (TPSA) is 43.8 Å². The van der Waals surface area contributed by atoms with Crippen LogP contribution in [0.1, 0.15) is 49.9 Å². The molecule has 19 heavy (non-hydrogen) atoms. The second-order valence-electron chi connectivity index (χ2n) is 6.01. The number of rotatable bonds is 2. The molecule has 1 aromatic carbocycles. The maximum absolute atomic E-state index is 5.73. The molecule has 1 aliphatic carbocycles. The summed E-state index contributed by atoms with van der Waals surface area (Å²) in [5, 5.41) is 0. The van der Waals surface area contributed by atoms with Crippen LogP contribution < -0.4 is 5.73 Å². The van der Waals surface area contributed by atoms with E-state index in [2.05, 4.69) is 36.7 Å². The molecule has 1 heterocycles. The summed E-state index contributed by atoms with van der Waals surface area (Å²) < 4.78 is 2.27. The molecule has 3 nitrogen and oxygen atoms in total. The van der Waals surface area contributed by atoms with Crippen molar-refractivity contribution in [3.05, 3.63) is 29.6 Å². The molecule has 0 atom stereocenters. The van der Waals surface area contributed by atoms with Gasteiger partial charge in [-0.15, -0.1) is 0 Å². The molecule has 0 spiro atoms. The fraction of sp³-hybridized carbons (Fsp3) is 0.562. The van der Waals surface area contributed by atoms with Gasteiger partial charge in [0.2, 0.25) is 0 Å². The lowest BCUT2D eigenvalue weighted by Gasteiger charge is -2.25. The van der Waals surface area contributed by atoms with E-state index in [1.165, 1.54) is 42.6 Å². The largest absolute Gasteiger partial charge is 0.331 e. The number of nitrogens with zero attached hydrogens (tertiary/aromatic N) is 2. The first-order valence-corrected chi connectivity index (χ1v) is 7.34. The summed E-state index contributed by atoms with van der Waals surface area (Å²) in [7, 11) is 2.14. The maximum atomic E-state index is 5.73. The van der Waals surface area contributed by atoms with E-state index in [1.807, 2.05) is 0 Å². The number of aromatic nitrogens is 2. The Hall–Kier alpha value is -1.35. The van der Waals surface area contributed by atoms with Crippen molar-refractivity contribution in [3.63, 3.8) is 0 Å². The molecular weight excluding hydrogens is 234 g/mol. The zero-order chi connectivity index (χ0) is 13.4. The average molecular weight is 257 g/mol. The van der Waals surface area contributed by atoms with Gasteiger partial charge in [-0.1, -0.05) is 25.8 Å². The summed E-state index contributed by atoms with van der Waals surface area (Å²) in [5.41, 5.74) is 9.23. The van der Waals surface area contributed by atoms with Gasteiger partial charge in [-0.25, -0.2) is 4.98 Å². The molecule has 1 aromatic heterocycles. The summed E-state index contributed by atoms with van der Waals surface area (Å²) in [5.74, 6) is 2.78. The molecular formula is C16H23N3. The van der Waals surface area contributed by atoms with Gasteiger partial charge in [-0.3, -0.25) is 0 Å². The number of hydrogen-bond acceptors (Lipinski definition) is 2. The molecule has 0 bridgehead atoms. The average Bonchev–Trinajstić information content (AvgIpc) is 2.76. The van der Waals surface area contributed by atoms with Crippen LogP contribution in [-0.2, 0) is 13.6 Å². The van der Waals surface area contributed by atoms with E-state index in [0.717, 1.165) is 11.4 Å². The summed E-state index contributed by atoms with van der Waals surface area (Å²) >= 11 is 0. The molecule has 0 aliphatic heterocycles. The van der Waals surface area contributed by atoms with E-state index in [-0.39, 0.29) is 0 Å². The predicted molar refractivity (Wildman–Crippen MR) is 79.0 cm³/mol. The van der Waals surface area contributed by atoms with Crippen molar-refractivity contribution in [1.82, 2.24) is 9.55 Å². The van der Waals surface area contributed by atoms with Crippen molar-refractivity contribution >= 4 is 11.0 Å². The molecule has 1 aliphatic rings. The first-order chi connectivity index (χ1) is 9.19. The second-order valence-corrected chi connectivity index (χ2v) is 6.01. The van der Waals surface area contributed by atoms with Gasteiger partial charge in [0.15, 0.2) is 0 Å². The van der Waals surface area contributed by atoms with Crippen molar-refractivity contribution in [2.45, 2.75) is 45.1 Å². The zero-order valence-corrected chi connectivity index (χ0v) is 11.9. The van der Waals surface area contributed by atoms with E-state index in [4.69, 9.17) is 10.7 Å². The minimum Gasteiger partial charge on any atom is -0.331 e. The lowest BCUT2D eigenvalue weighted by Crippen LogP contribution is -2.14. The molecule has 0 unspecified atom stereocenters. The highest BCUT2D eigenvalue weighted by atomic mass is 15.1. The Kier molecular flexibility index (Phi) is 3.31. The normalized spacial score (nSPS) is 23.9. The smallest absolute Gasteiger partial charge is 0.112 e. The first kappa shape index (κ1) is 12.7. The Morgan fingerprint density at radius 2 is 2.00 bits per heavy atom. The van der Waals surface area contributed by atoms with Crippen LogP contribution in [0, 0.1) is 5.92 Å². The zero-order valence-electron chi connectivity index (χ0n) is 11.9. The van der Waals surface area contributed by atoms with Crippen LogP contribution in [0.5, 0.6) is 0 Å². The fourth-order valence-electron chi connectivity index (χ4n) is 3.26. The van der Waals surface area contributed by atoms with Gasteiger partial charge in [0.25, 0.3) is 0 Å². The third kappa shape index (κ3) is 2.27. The van der Waals surface area contributed by atoms with Gasteiger partial charge in [0, 0.05) is 19.5 Å². The minimum absolute atomic E-state index is 0.595. The molecule has 0 radical (unpaired) electrons. The van der Waals surface area contributed by atoms with Crippen molar-refractivity contribution in [2.24, 2.45) is 18.7 Å². The molecule has 1 saturated carbocycles. The molecule has 102 valence electrons. The van der Waals surface area contributed by atoms with Crippen molar-refractivity contribution in [1.29, 1.82) is 0 Å². The number of benzene rings is 1. The monoisotopic (exact) mass is 257 g/mol. The first-order valence-electron chi connectivity index (χ1n) is 7.34. The molecule has 2 aromatic rings. The lowest BCUT2D eigenvalue weighted by molar-refractivity contribution is 0.337. The number of fused-ring (bicyclic) bond motifs is 1. The van der Waals surface area contributed by atoms with Crippen molar-refractivity contribution in [2.75, 3.05) is 0 Å². The van der Waals surface area contributed by atoms with Gasteiger partial charge in [0.05, 0.1) is 11.0 Å². The third-order valence-electron chi connectivity index (χ3n) is 4.60. The van der Waals surface area contributed by atoms with E-state index in [1.54, 1.807) is 0 Å². The SMILES string of the molecule is CC1CCC(c2nc3ccc(CN)cc3n2C)CC1. The maximum Gasteiger partial charge on any atom is 0.112 e. The summed E-state index contributed by atoms with van der Waals surface area (Å²) in [6.07, 6.45) is 5.23. The molecule has 2 N–H and O–H groups in total. The minimum atomic E-state index is 0.595. The van der Waals surface area contributed by atoms with Gasteiger partial charge in [-0.05, 0) is 36.5 Å². The summed E-state index contributed by atoms with van der Waals surface area (Å²) in [6.45, 7) is 2.95. The standard InChI is InChI=1S/C16H23N3/c1-11-3-6-13(7-4-11)16-18-14-8-5-12(10-17)9-15(14)19(16)2/h5,8-9,11,13H,3-4,6-7,10,17H2,1-2H3. The van der Waals surface area contributed by atoms with E-state index >= 15 is 0 Å². The Balaban J connectivity index is 1.98. The highest BCUT2D eigenvalue weighted by molar-refractivity contribution is 5.77. The number of imidazole rings is 1. The Morgan fingerprint density at radius 3 is 2.68 bits per heavy atom. The van der Waals surface area contributed by atoms with Crippen LogP contribution in [0.3, 0.4) is 0 Å². The van der Waals surface area contributed by atoms with E-state index in [9.17, 15) is 0 Å². The van der Waals surface area contributed by atoms with Gasteiger partial charge in [0.1, 0.15) is 5.82 Å². The Bertz CT molecular complexity index is 577. The number of aryl methyl sites for hydroxylation is 1. The summed E-state index contributed by atoms with van der Waals surface area (Å²) in [4.78, 5) is 4.86. The summed E-state index contributed by atoms with van der Waals surface area (Å²) in [6, 6.07) is 6.37. The molecule has 1 fully saturated rings. The van der Waals surface area contributed by atoms with Crippen LogP contribution in [-0.4, -0.2) is 9.55 Å². The Labute approximate surface area is 114 Å². The van der Waals surface area contributed by atoms with Crippen LogP contribution in [0.4, 0.5) is 0 Å². The molecule has 0 saturated heterocycles. The number of hydrogen-bond donors (Lipinski definition) is 1. The molecule has 3 rings (SSSR count). The third-order valence-corrected chi connectivity index (χ3v) is 4.60. The van der Waals surface area contributed by atoms with Gasteiger partial charge in [-0.2, -0.15) is 0 Å². The highest BCUT2D eigenvalue weighted by Gasteiger charge is 2.23. The molecule has 0 amide bonds.